The fourth-order valence-corrected chi connectivity index (χ4v) is 1.48. The largest absolute Gasteiger partial charge is 0.452 e. The Bertz CT molecular complexity index is 575. The number of imide groups is 1. The fourth-order valence-electron chi connectivity index (χ4n) is 1.30. The number of carbonyl (C=O) groups excluding carboxylic acids is 3. The van der Waals surface area contributed by atoms with Crippen LogP contribution < -0.4 is 16.4 Å². The Morgan fingerprint density at radius 1 is 1.38 bits per heavy atom. The number of halogens is 1. The maximum atomic E-state index is 11.7. The molecule has 4 N–H and O–H groups in total. The minimum Gasteiger partial charge on any atom is -0.452 e. The van der Waals surface area contributed by atoms with Gasteiger partial charge in [-0.05, 0) is 18.2 Å². The van der Waals surface area contributed by atoms with Crippen LogP contribution in [0, 0.1) is 0 Å². The fraction of sp³-hybridized carbons (Fsp3) is 0.154. The number of hydrogen-bond donors (Lipinski definition) is 3. The van der Waals surface area contributed by atoms with Crippen molar-refractivity contribution < 1.29 is 19.1 Å². The first-order chi connectivity index (χ1) is 9.93. The lowest BCUT2D eigenvalue weighted by atomic mass is 10.2. The molecule has 0 atom stereocenters. The standard InChI is InChI=1S/C13H14ClN3O4/c1-2-5-16-13(20)17-11(18)7-21-12(19)9-4-3-8(14)6-10(9)15/h2-4,6H,1,5,7,15H2,(H2,16,17,18,20). The zero-order chi connectivity index (χ0) is 15.8. The van der Waals surface area contributed by atoms with Crippen LogP contribution in [-0.2, 0) is 9.53 Å². The maximum absolute atomic E-state index is 11.7. The smallest absolute Gasteiger partial charge is 0.340 e. The van der Waals surface area contributed by atoms with Crippen molar-refractivity contribution in [2.75, 3.05) is 18.9 Å². The van der Waals surface area contributed by atoms with Crippen LogP contribution >= 0.6 is 11.6 Å². The highest BCUT2D eigenvalue weighted by Crippen LogP contribution is 2.18. The number of nitrogens with one attached hydrogen (secondary N) is 2. The molecule has 0 fully saturated rings. The Balaban J connectivity index is 2.47. The molecule has 0 aromatic heterocycles. The van der Waals surface area contributed by atoms with Crippen LogP contribution in [0.2, 0.25) is 5.02 Å². The van der Waals surface area contributed by atoms with Crippen molar-refractivity contribution >= 4 is 35.2 Å². The predicted molar refractivity (Wildman–Crippen MR) is 77.9 cm³/mol. The summed E-state index contributed by atoms with van der Waals surface area (Å²) in [6.45, 7) is 3.00. The second kappa shape index (κ2) is 7.91. The quantitative estimate of drug-likeness (QED) is 0.428. The molecule has 0 saturated carbocycles. The molecular weight excluding hydrogens is 298 g/mol. The summed E-state index contributed by atoms with van der Waals surface area (Å²) in [7, 11) is 0. The van der Waals surface area contributed by atoms with Gasteiger partial charge in [0.15, 0.2) is 6.61 Å². The van der Waals surface area contributed by atoms with Crippen molar-refractivity contribution in [1.29, 1.82) is 0 Å². The summed E-state index contributed by atoms with van der Waals surface area (Å²) in [6, 6.07) is 3.54. The number of hydrogen-bond acceptors (Lipinski definition) is 5. The van der Waals surface area contributed by atoms with Crippen LogP contribution in [0.15, 0.2) is 30.9 Å². The van der Waals surface area contributed by atoms with Gasteiger partial charge < -0.3 is 15.8 Å². The van der Waals surface area contributed by atoms with Crippen LogP contribution in [-0.4, -0.2) is 31.1 Å². The topological polar surface area (TPSA) is 111 Å². The molecule has 3 amide bonds. The van der Waals surface area contributed by atoms with E-state index >= 15 is 0 Å². The van der Waals surface area contributed by atoms with Crippen LogP contribution in [0.4, 0.5) is 10.5 Å². The summed E-state index contributed by atoms with van der Waals surface area (Å²) in [5.41, 5.74) is 5.83. The molecule has 0 heterocycles. The lowest BCUT2D eigenvalue weighted by molar-refractivity contribution is -0.123. The number of carbonyl (C=O) groups is 3. The van der Waals surface area contributed by atoms with Crippen molar-refractivity contribution in [3.8, 4) is 0 Å². The zero-order valence-corrected chi connectivity index (χ0v) is 11.8. The number of urea groups is 1. The summed E-state index contributed by atoms with van der Waals surface area (Å²) in [5.74, 6) is -1.55. The number of amides is 3. The van der Waals surface area contributed by atoms with Crippen molar-refractivity contribution in [2.45, 2.75) is 0 Å². The van der Waals surface area contributed by atoms with Crippen molar-refractivity contribution in [2.24, 2.45) is 0 Å². The molecule has 21 heavy (non-hydrogen) atoms. The van der Waals surface area contributed by atoms with E-state index in [0.29, 0.717) is 5.02 Å². The highest BCUT2D eigenvalue weighted by Gasteiger charge is 2.14. The second-order valence-corrected chi connectivity index (χ2v) is 4.29. The molecule has 0 bridgehead atoms. The van der Waals surface area contributed by atoms with E-state index in [4.69, 9.17) is 22.1 Å². The summed E-state index contributed by atoms with van der Waals surface area (Å²) in [5, 5.41) is 4.69. The molecule has 0 aliphatic rings. The van der Waals surface area contributed by atoms with Gasteiger partial charge in [-0.25, -0.2) is 9.59 Å². The monoisotopic (exact) mass is 311 g/mol. The first-order valence-corrected chi connectivity index (χ1v) is 6.22. The molecule has 0 saturated heterocycles. The third-order valence-electron chi connectivity index (χ3n) is 2.23. The molecular formula is C13H14ClN3O4. The van der Waals surface area contributed by atoms with Gasteiger partial charge in [0, 0.05) is 17.3 Å². The van der Waals surface area contributed by atoms with Gasteiger partial charge in [0.2, 0.25) is 0 Å². The van der Waals surface area contributed by atoms with E-state index in [1.807, 2.05) is 5.32 Å². The number of rotatable bonds is 5. The van der Waals surface area contributed by atoms with Crippen LogP contribution in [0.1, 0.15) is 10.4 Å². The highest BCUT2D eigenvalue weighted by molar-refractivity contribution is 6.31. The van der Waals surface area contributed by atoms with Gasteiger partial charge in [0.25, 0.3) is 5.91 Å². The van der Waals surface area contributed by atoms with Gasteiger partial charge in [0.1, 0.15) is 0 Å². The van der Waals surface area contributed by atoms with Gasteiger partial charge in [-0.1, -0.05) is 17.7 Å². The number of nitrogen functional groups attached to an aromatic ring is 1. The maximum Gasteiger partial charge on any atom is 0.340 e. The molecule has 0 aliphatic heterocycles. The van der Waals surface area contributed by atoms with E-state index < -0.39 is 24.5 Å². The number of benzene rings is 1. The summed E-state index contributed by atoms with van der Waals surface area (Å²) in [4.78, 5) is 34.2. The van der Waals surface area contributed by atoms with Gasteiger partial charge in [-0.15, -0.1) is 6.58 Å². The van der Waals surface area contributed by atoms with Crippen LogP contribution in [0.3, 0.4) is 0 Å². The first kappa shape index (κ1) is 16.5. The molecule has 112 valence electrons. The van der Waals surface area contributed by atoms with E-state index in [1.54, 1.807) is 0 Å². The Morgan fingerprint density at radius 2 is 2.10 bits per heavy atom. The van der Waals surface area contributed by atoms with Crippen molar-refractivity contribution in [1.82, 2.24) is 10.6 Å². The third-order valence-corrected chi connectivity index (χ3v) is 2.46. The molecule has 0 spiro atoms. The number of ether oxygens (including phenoxy) is 1. The minimum atomic E-state index is -0.786. The SMILES string of the molecule is C=CCNC(=O)NC(=O)COC(=O)c1ccc(Cl)cc1N. The average molecular weight is 312 g/mol. The Labute approximate surface area is 126 Å². The predicted octanol–water partition coefficient (Wildman–Crippen LogP) is 1.09. The zero-order valence-electron chi connectivity index (χ0n) is 11.0. The Hall–Kier alpha value is -2.54. The molecule has 1 rings (SSSR count). The summed E-state index contributed by atoms with van der Waals surface area (Å²) >= 11 is 5.70. The molecule has 1 aromatic rings. The molecule has 1 aromatic carbocycles. The van der Waals surface area contributed by atoms with E-state index in [-0.39, 0.29) is 17.8 Å². The number of anilines is 1. The number of esters is 1. The van der Waals surface area contributed by atoms with Crippen molar-refractivity contribution in [3.63, 3.8) is 0 Å². The molecule has 0 aliphatic carbocycles. The van der Waals surface area contributed by atoms with E-state index in [2.05, 4.69) is 11.9 Å². The van der Waals surface area contributed by atoms with Gasteiger partial charge in [-0.3, -0.25) is 10.1 Å². The summed E-state index contributed by atoms with van der Waals surface area (Å²) < 4.78 is 4.74. The minimum absolute atomic E-state index is 0.0864. The summed E-state index contributed by atoms with van der Waals surface area (Å²) in [6.07, 6.45) is 1.45. The van der Waals surface area contributed by atoms with Gasteiger partial charge >= 0.3 is 12.0 Å². The van der Waals surface area contributed by atoms with E-state index in [1.165, 1.54) is 24.3 Å². The molecule has 0 radical (unpaired) electrons. The third kappa shape index (κ3) is 5.53. The highest BCUT2D eigenvalue weighted by atomic mass is 35.5. The van der Waals surface area contributed by atoms with Gasteiger partial charge in [-0.2, -0.15) is 0 Å². The normalized spacial score (nSPS) is 9.57. The lowest BCUT2D eigenvalue weighted by Gasteiger charge is -2.08. The van der Waals surface area contributed by atoms with Crippen molar-refractivity contribution in [3.05, 3.63) is 41.4 Å². The van der Waals surface area contributed by atoms with Gasteiger partial charge in [0.05, 0.1) is 5.56 Å². The second-order valence-electron chi connectivity index (χ2n) is 3.85. The van der Waals surface area contributed by atoms with E-state index in [9.17, 15) is 14.4 Å². The molecule has 8 heteroatoms. The Morgan fingerprint density at radius 3 is 2.71 bits per heavy atom. The van der Waals surface area contributed by atoms with Crippen LogP contribution in [0.5, 0.6) is 0 Å². The van der Waals surface area contributed by atoms with Crippen LogP contribution in [0.25, 0.3) is 0 Å². The Kier molecular flexibility index (Phi) is 6.22. The average Bonchev–Trinajstić information content (AvgIpc) is 2.42. The molecule has 0 unspecified atom stereocenters. The number of nitrogens with two attached hydrogens (primary N) is 1. The lowest BCUT2D eigenvalue weighted by Crippen LogP contribution is -2.41. The van der Waals surface area contributed by atoms with E-state index in [0.717, 1.165) is 0 Å². The first-order valence-electron chi connectivity index (χ1n) is 5.84. The molecule has 7 nitrogen and oxygen atoms in total.